The zero-order valence-corrected chi connectivity index (χ0v) is 18.0. The van der Waals surface area contributed by atoms with Crippen LogP contribution >= 0.6 is 0 Å². The van der Waals surface area contributed by atoms with Crippen molar-refractivity contribution in [2.45, 2.75) is 18.9 Å². The normalized spacial score (nSPS) is 20.2. The fourth-order valence-electron chi connectivity index (χ4n) is 4.85. The lowest BCUT2D eigenvalue weighted by Gasteiger charge is -2.24. The van der Waals surface area contributed by atoms with Crippen LogP contribution < -0.4 is 20.7 Å². The maximum Gasteiger partial charge on any atom is 0.222 e. The van der Waals surface area contributed by atoms with Gasteiger partial charge in [0.2, 0.25) is 5.95 Å². The van der Waals surface area contributed by atoms with Gasteiger partial charge in [-0.05, 0) is 61.7 Å². The zero-order valence-electron chi connectivity index (χ0n) is 18.0. The van der Waals surface area contributed by atoms with Crippen LogP contribution in [0.2, 0.25) is 0 Å². The molecule has 0 aliphatic carbocycles. The number of aromatic nitrogens is 4. The van der Waals surface area contributed by atoms with Crippen molar-refractivity contribution in [1.29, 1.82) is 0 Å². The van der Waals surface area contributed by atoms with E-state index in [1.165, 1.54) is 18.9 Å². The molecule has 0 amide bonds. The van der Waals surface area contributed by atoms with Gasteiger partial charge in [-0.25, -0.2) is 9.37 Å². The third kappa shape index (κ3) is 3.84. The highest BCUT2D eigenvalue weighted by Gasteiger charge is 2.35. The molecule has 0 saturated carbocycles. The number of fused-ring (bicyclic) bond motifs is 2. The quantitative estimate of drug-likeness (QED) is 0.440. The number of H-pyrrole nitrogens is 1. The summed E-state index contributed by atoms with van der Waals surface area (Å²) in [5.74, 6) is 1.78. The lowest BCUT2D eigenvalue weighted by Crippen LogP contribution is -2.40. The number of benzene rings is 2. The number of ether oxygens (including phenoxy) is 1. The smallest absolute Gasteiger partial charge is 0.222 e. The van der Waals surface area contributed by atoms with Gasteiger partial charge in [-0.3, -0.25) is 5.10 Å². The molecular weight excluding hydrogens is 421 g/mol. The fourth-order valence-corrected chi connectivity index (χ4v) is 4.85. The van der Waals surface area contributed by atoms with Crippen LogP contribution in [0.4, 0.5) is 16.2 Å². The van der Waals surface area contributed by atoms with Crippen LogP contribution in [0.5, 0.6) is 11.5 Å². The van der Waals surface area contributed by atoms with Crippen LogP contribution in [0.3, 0.4) is 0 Å². The second-order valence-corrected chi connectivity index (χ2v) is 8.70. The first-order valence-corrected chi connectivity index (χ1v) is 11.2. The number of nitrogens with one attached hydrogen (secondary N) is 2. The number of piperidine rings is 1. The molecule has 2 aromatic heterocycles. The second-order valence-electron chi connectivity index (χ2n) is 8.70. The first-order chi connectivity index (χ1) is 16.1. The zero-order chi connectivity index (χ0) is 22.4. The van der Waals surface area contributed by atoms with E-state index in [0.717, 1.165) is 36.4 Å². The van der Waals surface area contributed by atoms with Crippen LogP contribution in [0, 0.1) is 11.7 Å². The summed E-state index contributed by atoms with van der Waals surface area (Å²) in [6.07, 6.45) is 4.13. The summed E-state index contributed by atoms with van der Waals surface area (Å²) in [6.45, 7) is 2.90. The lowest BCUT2D eigenvalue weighted by molar-refractivity contribution is 0.340. The molecule has 0 unspecified atom stereocenters. The number of halogens is 1. The summed E-state index contributed by atoms with van der Waals surface area (Å²) < 4.78 is 20.7. The Labute approximate surface area is 190 Å². The third-order valence-corrected chi connectivity index (χ3v) is 6.52. The van der Waals surface area contributed by atoms with Crippen molar-refractivity contribution in [3.05, 3.63) is 54.5 Å². The summed E-state index contributed by atoms with van der Waals surface area (Å²) in [5.41, 5.74) is 8.13. The summed E-state index contributed by atoms with van der Waals surface area (Å²) >= 11 is 0. The van der Waals surface area contributed by atoms with Gasteiger partial charge in [-0.2, -0.15) is 10.1 Å². The molecule has 2 aliphatic rings. The topological polar surface area (TPSA) is 105 Å². The molecule has 2 saturated heterocycles. The van der Waals surface area contributed by atoms with Crippen LogP contribution in [-0.4, -0.2) is 45.8 Å². The molecular formula is C24H24FN7O. The highest BCUT2D eigenvalue weighted by atomic mass is 19.1. The Bertz CT molecular complexity index is 1310. The molecule has 8 nitrogen and oxygen atoms in total. The molecule has 0 radical (unpaired) electrons. The average molecular weight is 446 g/mol. The number of aromatic amines is 1. The van der Waals surface area contributed by atoms with Gasteiger partial charge in [-0.15, -0.1) is 0 Å². The van der Waals surface area contributed by atoms with Gasteiger partial charge < -0.3 is 20.7 Å². The van der Waals surface area contributed by atoms with E-state index < -0.39 is 5.82 Å². The van der Waals surface area contributed by atoms with Crippen LogP contribution in [-0.2, 0) is 0 Å². The minimum atomic E-state index is -0.477. The summed E-state index contributed by atoms with van der Waals surface area (Å²) in [5, 5.41) is 11.4. The predicted octanol–water partition coefficient (Wildman–Crippen LogP) is 3.72. The van der Waals surface area contributed by atoms with Gasteiger partial charge in [0.15, 0.2) is 11.6 Å². The summed E-state index contributed by atoms with van der Waals surface area (Å²) in [7, 11) is 0. The van der Waals surface area contributed by atoms with Crippen LogP contribution in [0.15, 0.2) is 48.7 Å². The Hall–Kier alpha value is -3.72. The van der Waals surface area contributed by atoms with E-state index in [1.807, 2.05) is 18.2 Å². The molecule has 4 N–H and O–H groups in total. The van der Waals surface area contributed by atoms with Crippen molar-refractivity contribution in [2.24, 2.45) is 5.92 Å². The first-order valence-electron chi connectivity index (χ1n) is 11.2. The average Bonchev–Trinajstić information content (AvgIpc) is 3.46. The molecule has 2 aromatic carbocycles. The van der Waals surface area contributed by atoms with Crippen LogP contribution in [0.25, 0.3) is 22.2 Å². The van der Waals surface area contributed by atoms with Gasteiger partial charge in [0.25, 0.3) is 0 Å². The minimum Gasteiger partial charge on any atom is -0.454 e. The number of hydrogen-bond donors (Lipinski definition) is 3. The molecule has 4 heterocycles. The van der Waals surface area contributed by atoms with E-state index >= 15 is 0 Å². The van der Waals surface area contributed by atoms with Crippen molar-refractivity contribution in [3.8, 4) is 22.8 Å². The van der Waals surface area contributed by atoms with Crippen LogP contribution in [0.1, 0.15) is 12.8 Å². The van der Waals surface area contributed by atoms with E-state index in [2.05, 4.69) is 30.4 Å². The van der Waals surface area contributed by atoms with Gasteiger partial charge in [0, 0.05) is 36.1 Å². The molecule has 33 heavy (non-hydrogen) atoms. The minimum absolute atomic E-state index is 0.138. The Morgan fingerprint density at radius 1 is 1.09 bits per heavy atom. The standard InChI is InChI=1S/C24H24FN7O/c25-18-9-14(3-6-22(18)33-17-4-5-19-16(8-17)11-28-31-19)20-10-23(30-24(26)29-20)32-12-15-2-1-7-27-21(15)13-32/h3-6,8-11,15,21,27H,1-2,7,12-13H2,(H,28,31)(H2,26,29,30)/t15-,21+/m1/s1. The molecule has 168 valence electrons. The number of nitrogens with zero attached hydrogens (tertiary/aromatic N) is 4. The molecule has 2 aliphatic heterocycles. The molecule has 4 aromatic rings. The number of hydrogen-bond acceptors (Lipinski definition) is 7. The summed E-state index contributed by atoms with van der Waals surface area (Å²) in [4.78, 5) is 11.1. The fraction of sp³-hybridized carbons (Fsp3) is 0.292. The van der Waals surface area contributed by atoms with Crippen molar-refractivity contribution < 1.29 is 9.13 Å². The highest BCUT2D eigenvalue weighted by molar-refractivity contribution is 5.79. The number of anilines is 2. The Balaban J connectivity index is 1.25. The van der Waals surface area contributed by atoms with Gasteiger partial charge in [0.1, 0.15) is 11.6 Å². The molecule has 6 rings (SSSR count). The molecule has 0 bridgehead atoms. The monoisotopic (exact) mass is 445 g/mol. The number of nitrogens with two attached hydrogens (primary N) is 1. The first kappa shape index (κ1) is 19.9. The van der Waals surface area contributed by atoms with Gasteiger partial charge >= 0.3 is 0 Å². The van der Waals surface area contributed by atoms with E-state index in [-0.39, 0.29) is 11.7 Å². The number of nitrogen functional groups attached to an aromatic ring is 1. The maximum absolute atomic E-state index is 14.9. The van der Waals surface area contributed by atoms with Crippen molar-refractivity contribution >= 4 is 22.7 Å². The second kappa shape index (κ2) is 8.00. The molecule has 0 spiro atoms. The van der Waals surface area contributed by atoms with Gasteiger partial charge in [-0.1, -0.05) is 0 Å². The van der Waals surface area contributed by atoms with E-state index in [9.17, 15) is 4.39 Å². The summed E-state index contributed by atoms with van der Waals surface area (Å²) in [6, 6.07) is 12.6. The van der Waals surface area contributed by atoms with E-state index in [1.54, 1.807) is 24.4 Å². The molecule has 9 heteroatoms. The Kier molecular flexibility index (Phi) is 4.83. The predicted molar refractivity (Wildman–Crippen MR) is 125 cm³/mol. The van der Waals surface area contributed by atoms with Gasteiger partial charge in [0.05, 0.1) is 17.4 Å². The highest BCUT2D eigenvalue weighted by Crippen LogP contribution is 2.33. The Morgan fingerprint density at radius 3 is 2.91 bits per heavy atom. The SMILES string of the molecule is Nc1nc(-c2ccc(Oc3ccc4[nH]ncc4c3)c(F)c2)cc(N2C[C@H]3CCCN[C@H]3C2)n1. The number of rotatable bonds is 4. The largest absolute Gasteiger partial charge is 0.454 e. The van der Waals surface area contributed by atoms with E-state index in [0.29, 0.717) is 29.0 Å². The van der Waals surface area contributed by atoms with Crippen molar-refractivity contribution in [1.82, 2.24) is 25.5 Å². The molecule has 2 atom stereocenters. The van der Waals surface area contributed by atoms with Crippen molar-refractivity contribution in [3.63, 3.8) is 0 Å². The maximum atomic E-state index is 14.9. The lowest BCUT2D eigenvalue weighted by atomic mass is 9.94. The van der Waals surface area contributed by atoms with Crippen molar-refractivity contribution in [2.75, 3.05) is 30.3 Å². The Morgan fingerprint density at radius 2 is 2.03 bits per heavy atom. The third-order valence-electron chi connectivity index (χ3n) is 6.52. The van der Waals surface area contributed by atoms with E-state index in [4.69, 9.17) is 10.5 Å². The molecule has 2 fully saturated rings.